The molecule has 0 heterocycles. The van der Waals surface area contributed by atoms with Crippen LogP contribution in [-0.4, -0.2) is 31.0 Å². The molecule has 0 unspecified atom stereocenters. The lowest BCUT2D eigenvalue weighted by molar-refractivity contribution is 0.131. The summed E-state index contributed by atoms with van der Waals surface area (Å²) in [6.07, 6.45) is -0.593. The zero-order valence-corrected chi connectivity index (χ0v) is 10.7. The Morgan fingerprint density at radius 1 is 1.44 bits per heavy atom. The molecule has 18 heavy (non-hydrogen) atoms. The van der Waals surface area contributed by atoms with Gasteiger partial charge in [-0.2, -0.15) is 0 Å². The van der Waals surface area contributed by atoms with Gasteiger partial charge in [-0.25, -0.2) is 4.79 Å². The topological polar surface area (TPSA) is 67.8 Å². The molecule has 100 valence electrons. The molecular weight excluding hydrogens is 234 g/mol. The smallest absolute Gasteiger partial charge is 0.411 e. The minimum Gasteiger partial charge on any atom is -0.493 e. The van der Waals surface area contributed by atoms with Gasteiger partial charge < -0.3 is 14.6 Å². The van der Waals surface area contributed by atoms with Gasteiger partial charge in [-0.15, -0.1) is 0 Å². The Hall–Kier alpha value is -1.75. The summed E-state index contributed by atoms with van der Waals surface area (Å²) in [5.41, 5.74) is 0.596. The van der Waals surface area contributed by atoms with Crippen LogP contribution in [0.4, 0.5) is 10.5 Å². The standard InChI is InChI=1S/C13H19NO4/c1-10(2)9-18-12-5-3-4-11(8-12)14-13(16)17-7-6-15/h3-5,8,10,15H,6-7,9H2,1-2H3,(H,14,16). The van der Waals surface area contributed by atoms with E-state index in [2.05, 4.69) is 19.2 Å². The van der Waals surface area contributed by atoms with E-state index in [9.17, 15) is 4.79 Å². The summed E-state index contributed by atoms with van der Waals surface area (Å²) in [6.45, 7) is 4.54. The fourth-order valence-electron chi connectivity index (χ4n) is 1.22. The molecule has 0 aromatic heterocycles. The summed E-state index contributed by atoms with van der Waals surface area (Å²) < 4.78 is 10.2. The Labute approximate surface area is 107 Å². The molecule has 0 atom stereocenters. The van der Waals surface area contributed by atoms with E-state index in [1.54, 1.807) is 18.2 Å². The number of carbonyl (C=O) groups is 1. The first kappa shape index (κ1) is 14.3. The number of hydrogen-bond donors (Lipinski definition) is 2. The molecule has 0 bridgehead atoms. The first-order valence-corrected chi connectivity index (χ1v) is 5.89. The Kier molecular flexibility index (Phi) is 6.00. The minimum atomic E-state index is -0.593. The lowest BCUT2D eigenvalue weighted by Crippen LogP contribution is -2.15. The predicted octanol–water partition coefficient (Wildman–Crippen LogP) is 2.26. The first-order valence-electron chi connectivity index (χ1n) is 5.89. The highest BCUT2D eigenvalue weighted by Gasteiger charge is 2.04. The van der Waals surface area contributed by atoms with Gasteiger partial charge in [0.15, 0.2) is 0 Å². The third-order valence-corrected chi connectivity index (χ3v) is 1.99. The highest BCUT2D eigenvalue weighted by Crippen LogP contribution is 2.18. The van der Waals surface area contributed by atoms with Gasteiger partial charge >= 0.3 is 6.09 Å². The fraction of sp³-hybridized carbons (Fsp3) is 0.462. The van der Waals surface area contributed by atoms with Crippen molar-refractivity contribution in [2.24, 2.45) is 5.92 Å². The normalized spacial score (nSPS) is 10.2. The van der Waals surface area contributed by atoms with E-state index < -0.39 is 6.09 Å². The van der Waals surface area contributed by atoms with E-state index >= 15 is 0 Å². The monoisotopic (exact) mass is 253 g/mol. The van der Waals surface area contributed by atoms with Crippen molar-refractivity contribution >= 4 is 11.8 Å². The van der Waals surface area contributed by atoms with Crippen LogP contribution in [0.3, 0.4) is 0 Å². The fourth-order valence-corrected chi connectivity index (χ4v) is 1.22. The molecule has 0 saturated heterocycles. The Balaban J connectivity index is 2.51. The third kappa shape index (κ3) is 5.54. The van der Waals surface area contributed by atoms with E-state index in [4.69, 9.17) is 14.6 Å². The van der Waals surface area contributed by atoms with Crippen LogP contribution in [0.5, 0.6) is 5.75 Å². The first-order chi connectivity index (χ1) is 8.61. The largest absolute Gasteiger partial charge is 0.493 e. The van der Waals surface area contributed by atoms with E-state index in [-0.39, 0.29) is 13.2 Å². The summed E-state index contributed by atoms with van der Waals surface area (Å²) in [7, 11) is 0. The van der Waals surface area contributed by atoms with Crippen molar-refractivity contribution in [2.45, 2.75) is 13.8 Å². The molecule has 0 aliphatic carbocycles. The molecule has 1 aromatic rings. The quantitative estimate of drug-likeness (QED) is 0.816. The van der Waals surface area contributed by atoms with Crippen molar-refractivity contribution in [3.63, 3.8) is 0 Å². The van der Waals surface area contributed by atoms with E-state index in [0.717, 1.165) is 0 Å². The van der Waals surface area contributed by atoms with Crippen molar-refractivity contribution in [3.8, 4) is 5.75 Å². The van der Waals surface area contributed by atoms with Gasteiger partial charge in [-0.3, -0.25) is 5.32 Å². The van der Waals surface area contributed by atoms with E-state index in [1.807, 2.05) is 6.07 Å². The third-order valence-electron chi connectivity index (χ3n) is 1.99. The molecule has 5 heteroatoms. The van der Waals surface area contributed by atoms with Crippen LogP contribution in [0.2, 0.25) is 0 Å². The van der Waals surface area contributed by atoms with Crippen LogP contribution in [-0.2, 0) is 4.74 Å². The lowest BCUT2D eigenvalue weighted by Gasteiger charge is -2.10. The Morgan fingerprint density at radius 2 is 2.22 bits per heavy atom. The number of hydrogen-bond acceptors (Lipinski definition) is 4. The number of carbonyl (C=O) groups excluding carboxylic acids is 1. The van der Waals surface area contributed by atoms with Gasteiger partial charge in [-0.1, -0.05) is 19.9 Å². The maximum atomic E-state index is 11.3. The number of nitrogens with one attached hydrogen (secondary N) is 1. The second-order valence-corrected chi connectivity index (χ2v) is 4.22. The highest BCUT2D eigenvalue weighted by atomic mass is 16.6. The van der Waals surface area contributed by atoms with Crippen LogP contribution < -0.4 is 10.1 Å². The molecule has 0 aliphatic rings. The summed E-state index contributed by atoms with van der Waals surface area (Å²) in [5.74, 6) is 1.14. The molecule has 1 amide bonds. The summed E-state index contributed by atoms with van der Waals surface area (Å²) in [6, 6.07) is 7.08. The van der Waals surface area contributed by atoms with Crippen molar-refractivity contribution < 1.29 is 19.4 Å². The van der Waals surface area contributed by atoms with Crippen LogP contribution in [0.15, 0.2) is 24.3 Å². The van der Waals surface area contributed by atoms with Gasteiger partial charge in [0, 0.05) is 11.8 Å². The van der Waals surface area contributed by atoms with Gasteiger partial charge in [0.1, 0.15) is 12.4 Å². The zero-order chi connectivity index (χ0) is 13.4. The maximum Gasteiger partial charge on any atom is 0.411 e. The molecule has 0 spiro atoms. The van der Waals surface area contributed by atoms with Gasteiger partial charge in [-0.05, 0) is 18.1 Å². The zero-order valence-electron chi connectivity index (χ0n) is 10.7. The summed E-state index contributed by atoms with van der Waals surface area (Å²) in [5, 5.41) is 11.1. The number of benzene rings is 1. The number of ether oxygens (including phenoxy) is 2. The van der Waals surface area contributed by atoms with Gasteiger partial charge in [0.25, 0.3) is 0 Å². The number of anilines is 1. The molecule has 0 radical (unpaired) electrons. The molecular formula is C13H19NO4. The molecule has 1 aromatic carbocycles. The average Bonchev–Trinajstić information content (AvgIpc) is 2.34. The van der Waals surface area contributed by atoms with Crippen molar-refractivity contribution in [1.82, 2.24) is 0 Å². The van der Waals surface area contributed by atoms with Gasteiger partial charge in [0.05, 0.1) is 13.2 Å². The number of aliphatic hydroxyl groups is 1. The van der Waals surface area contributed by atoms with Crippen LogP contribution in [0.1, 0.15) is 13.8 Å². The molecule has 0 aliphatic heterocycles. The highest BCUT2D eigenvalue weighted by molar-refractivity contribution is 5.84. The number of aliphatic hydroxyl groups excluding tert-OH is 1. The summed E-state index contributed by atoms with van der Waals surface area (Å²) in [4.78, 5) is 11.3. The second kappa shape index (κ2) is 7.55. The Morgan fingerprint density at radius 3 is 2.89 bits per heavy atom. The second-order valence-electron chi connectivity index (χ2n) is 4.22. The number of rotatable bonds is 6. The van der Waals surface area contributed by atoms with Crippen molar-refractivity contribution in [1.29, 1.82) is 0 Å². The molecule has 1 rings (SSSR count). The van der Waals surface area contributed by atoms with Crippen molar-refractivity contribution in [2.75, 3.05) is 25.1 Å². The molecule has 0 saturated carbocycles. The van der Waals surface area contributed by atoms with Crippen molar-refractivity contribution in [3.05, 3.63) is 24.3 Å². The Bertz CT molecular complexity index is 379. The molecule has 2 N–H and O–H groups in total. The average molecular weight is 253 g/mol. The lowest BCUT2D eigenvalue weighted by atomic mass is 10.2. The van der Waals surface area contributed by atoms with Crippen LogP contribution >= 0.6 is 0 Å². The minimum absolute atomic E-state index is 0.0185. The molecule has 0 fully saturated rings. The van der Waals surface area contributed by atoms with Gasteiger partial charge in [0.2, 0.25) is 0 Å². The molecule has 5 nitrogen and oxygen atoms in total. The SMILES string of the molecule is CC(C)COc1cccc(NC(=O)OCCO)c1. The van der Waals surface area contributed by atoms with E-state index in [1.165, 1.54) is 0 Å². The van der Waals surface area contributed by atoms with Crippen LogP contribution in [0, 0.1) is 5.92 Å². The van der Waals surface area contributed by atoms with Crippen LogP contribution in [0.25, 0.3) is 0 Å². The maximum absolute atomic E-state index is 11.3. The predicted molar refractivity (Wildman–Crippen MR) is 68.8 cm³/mol. The van der Waals surface area contributed by atoms with E-state index in [0.29, 0.717) is 24.0 Å². The summed E-state index contributed by atoms with van der Waals surface area (Å²) >= 11 is 0. The number of amides is 1.